The van der Waals surface area contributed by atoms with Crippen LogP contribution in [0.4, 0.5) is 18.0 Å². The number of hydrogen-bond donors (Lipinski definition) is 1. The maximum Gasteiger partial charge on any atom is 0.393 e. The number of nitrogens with zero attached hydrogens (tertiary/aromatic N) is 2. The predicted octanol–water partition coefficient (Wildman–Crippen LogP) is 1.51. The quantitative estimate of drug-likeness (QED) is 0.787. The van der Waals surface area contributed by atoms with E-state index < -0.39 is 48.6 Å². The Hall–Kier alpha value is -1.80. The van der Waals surface area contributed by atoms with Gasteiger partial charge in [-0.05, 0) is 38.5 Å². The Morgan fingerprint density at radius 3 is 2.54 bits per heavy atom. The number of carbonyl (C=O) groups is 3. The molecule has 24 heavy (non-hydrogen) atoms. The first-order valence-corrected chi connectivity index (χ1v) is 8.11. The van der Waals surface area contributed by atoms with E-state index in [-0.39, 0.29) is 25.3 Å². The highest BCUT2D eigenvalue weighted by atomic mass is 19.4. The van der Waals surface area contributed by atoms with Gasteiger partial charge in [-0.3, -0.25) is 14.5 Å². The molecule has 0 spiro atoms. The summed E-state index contributed by atoms with van der Waals surface area (Å²) >= 11 is 0. The molecular weight excluding hydrogens is 327 g/mol. The van der Waals surface area contributed by atoms with E-state index in [1.54, 1.807) is 6.92 Å². The van der Waals surface area contributed by atoms with Crippen molar-refractivity contribution < 1.29 is 27.6 Å². The number of urea groups is 1. The third-order valence-electron chi connectivity index (χ3n) is 5.23. The molecule has 1 saturated carbocycles. The zero-order valence-electron chi connectivity index (χ0n) is 13.4. The maximum atomic E-state index is 12.8. The van der Waals surface area contributed by atoms with Crippen LogP contribution in [-0.4, -0.2) is 59.0 Å². The minimum absolute atomic E-state index is 0.00381. The van der Waals surface area contributed by atoms with Crippen molar-refractivity contribution in [1.29, 1.82) is 0 Å². The van der Waals surface area contributed by atoms with Crippen LogP contribution in [0.25, 0.3) is 0 Å². The van der Waals surface area contributed by atoms with Crippen LogP contribution in [0.1, 0.15) is 32.6 Å². The minimum Gasteiger partial charge on any atom is -0.341 e. The van der Waals surface area contributed by atoms with Crippen molar-refractivity contribution in [1.82, 2.24) is 15.1 Å². The molecule has 0 unspecified atom stereocenters. The van der Waals surface area contributed by atoms with E-state index in [2.05, 4.69) is 5.32 Å². The number of imide groups is 1. The predicted molar refractivity (Wildman–Crippen MR) is 76.7 cm³/mol. The molecule has 3 aliphatic rings. The molecule has 0 aromatic carbocycles. The Balaban J connectivity index is 1.64. The zero-order valence-corrected chi connectivity index (χ0v) is 13.4. The van der Waals surface area contributed by atoms with Crippen LogP contribution in [0, 0.1) is 11.8 Å². The Labute approximate surface area is 137 Å². The van der Waals surface area contributed by atoms with E-state index in [0.717, 1.165) is 22.6 Å². The first-order valence-electron chi connectivity index (χ1n) is 8.11. The first kappa shape index (κ1) is 17.0. The number of hydrogen-bond acceptors (Lipinski definition) is 3. The van der Waals surface area contributed by atoms with Gasteiger partial charge in [-0.15, -0.1) is 0 Å². The molecule has 0 bridgehead atoms. The minimum atomic E-state index is -4.34. The van der Waals surface area contributed by atoms with Gasteiger partial charge < -0.3 is 10.2 Å². The van der Waals surface area contributed by atoms with Crippen LogP contribution < -0.4 is 5.32 Å². The molecule has 4 amide bonds. The van der Waals surface area contributed by atoms with Crippen molar-refractivity contribution >= 4 is 17.8 Å². The van der Waals surface area contributed by atoms with E-state index in [0.29, 0.717) is 0 Å². The number of amides is 4. The fourth-order valence-corrected chi connectivity index (χ4v) is 3.50. The largest absolute Gasteiger partial charge is 0.393 e. The fourth-order valence-electron chi connectivity index (χ4n) is 3.50. The molecule has 0 aromatic rings. The van der Waals surface area contributed by atoms with Crippen molar-refractivity contribution in [3.63, 3.8) is 0 Å². The lowest BCUT2D eigenvalue weighted by molar-refractivity contribution is -0.188. The number of nitrogens with one attached hydrogen (secondary N) is 1. The summed E-state index contributed by atoms with van der Waals surface area (Å²) < 4.78 is 38.5. The number of rotatable bonds is 3. The lowest BCUT2D eigenvalue weighted by atomic mass is 9.96. The van der Waals surface area contributed by atoms with Gasteiger partial charge in [0.15, 0.2) is 0 Å². The van der Waals surface area contributed by atoms with Gasteiger partial charge in [-0.1, -0.05) is 0 Å². The van der Waals surface area contributed by atoms with Crippen molar-refractivity contribution in [2.45, 2.75) is 44.3 Å². The summed E-state index contributed by atoms with van der Waals surface area (Å²) in [5, 5.41) is 2.62. The SMILES string of the molecule is C[C@@]1(C2CC2)NC(=O)N(CC(=O)N2CCC[C@H](C(F)(F)F)C2)C1=O. The molecule has 0 radical (unpaired) electrons. The molecule has 3 fully saturated rings. The second-order valence-corrected chi connectivity index (χ2v) is 7.02. The van der Waals surface area contributed by atoms with Crippen molar-refractivity contribution in [3.05, 3.63) is 0 Å². The highest BCUT2D eigenvalue weighted by Gasteiger charge is 2.56. The Morgan fingerprint density at radius 1 is 1.29 bits per heavy atom. The van der Waals surface area contributed by atoms with E-state index in [9.17, 15) is 27.6 Å². The van der Waals surface area contributed by atoms with Gasteiger partial charge in [0.1, 0.15) is 12.1 Å². The Bertz CT molecular complexity index is 576. The molecule has 0 aromatic heterocycles. The van der Waals surface area contributed by atoms with E-state index in [4.69, 9.17) is 0 Å². The van der Waals surface area contributed by atoms with Crippen LogP contribution >= 0.6 is 0 Å². The smallest absolute Gasteiger partial charge is 0.341 e. The molecule has 3 rings (SSSR count). The monoisotopic (exact) mass is 347 g/mol. The van der Waals surface area contributed by atoms with E-state index in [1.807, 2.05) is 0 Å². The molecule has 2 aliphatic heterocycles. The molecule has 1 aliphatic carbocycles. The zero-order chi connectivity index (χ0) is 17.7. The molecule has 9 heteroatoms. The second-order valence-electron chi connectivity index (χ2n) is 7.02. The molecule has 2 atom stereocenters. The number of likely N-dealkylation sites (tertiary alicyclic amines) is 1. The van der Waals surface area contributed by atoms with Gasteiger partial charge in [-0.25, -0.2) is 4.79 Å². The number of carbonyl (C=O) groups excluding carboxylic acids is 3. The van der Waals surface area contributed by atoms with Crippen molar-refractivity contribution in [3.8, 4) is 0 Å². The summed E-state index contributed by atoms with van der Waals surface area (Å²) in [7, 11) is 0. The summed E-state index contributed by atoms with van der Waals surface area (Å²) in [4.78, 5) is 38.7. The van der Waals surface area contributed by atoms with Gasteiger partial charge in [0.25, 0.3) is 5.91 Å². The van der Waals surface area contributed by atoms with Crippen LogP contribution in [0.2, 0.25) is 0 Å². The average molecular weight is 347 g/mol. The van der Waals surface area contributed by atoms with E-state index >= 15 is 0 Å². The summed E-state index contributed by atoms with van der Waals surface area (Å²) in [6, 6.07) is -0.646. The van der Waals surface area contributed by atoms with Crippen molar-refractivity contribution in [2.24, 2.45) is 11.8 Å². The molecule has 6 nitrogen and oxygen atoms in total. The summed E-state index contributed by atoms with van der Waals surface area (Å²) in [5.74, 6) is -2.56. The fraction of sp³-hybridized carbons (Fsp3) is 0.800. The van der Waals surface area contributed by atoms with Gasteiger partial charge >= 0.3 is 12.2 Å². The standard InChI is InChI=1S/C15H20F3N3O3/c1-14(9-4-5-9)12(23)21(13(24)19-14)8-11(22)20-6-2-3-10(7-20)15(16,17)18/h9-10H,2-8H2,1H3,(H,19,24)/t10-,14-/m0/s1. The molecule has 2 heterocycles. The van der Waals surface area contributed by atoms with Crippen LogP contribution in [0.15, 0.2) is 0 Å². The van der Waals surface area contributed by atoms with Gasteiger partial charge in [0.05, 0.1) is 5.92 Å². The summed E-state index contributed by atoms with van der Waals surface area (Å²) in [6.07, 6.45) is -2.41. The van der Waals surface area contributed by atoms with Crippen molar-refractivity contribution in [2.75, 3.05) is 19.6 Å². The number of alkyl halides is 3. The molecule has 1 N–H and O–H groups in total. The third-order valence-corrected chi connectivity index (χ3v) is 5.23. The lowest BCUT2D eigenvalue weighted by Crippen LogP contribution is -2.50. The van der Waals surface area contributed by atoms with Gasteiger partial charge in [0, 0.05) is 13.1 Å². The Kier molecular flexibility index (Phi) is 4.00. The highest BCUT2D eigenvalue weighted by molar-refractivity contribution is 6.09. The van der Waals surface area contributed by atoms with E-state index in [1.165, 1.54) is 0 Å². The topological polar surface area (TPSA) is 69.7 Å². The summed E-state index contributed by atoms with van der Waals surface area (Å²) in [5.41, 5.74) is -0.992. The number of piperidine rings is 1. The highest BCUT2D eigenvalue weighted by Crippen LogP contribution is 2.42. The van der Waals surface area contributed by atoms with Crippen LogP contribution in [0.3, 0.4) is 0 Å². The van der Waals surface area contributed by atoms with Crippen LogP contribution in [0.5, 0.6) is 0 Å². The molecule has 134 valence electrons. The molecule has 2 saturated heterocycles. The maximum absolute atomic E-state index is 12.8. The van der Waals surface area contributed by atoms with Gasteiger partial charge in [-0.2, -0.15) is 13.2 Å². The Morgan fingerprint density at radius 2 is 1.96 bits per heavy atom. The number of halogens is 3. The average Bonchev–Trinajstić information content (AvgIpc) is 3.33. The first-order chi connectivity index (χ1) is 11.1. The summed E-state index contributed by atoms with van der Waals surface area (Å²) in [6.45, 7) is 0.939. The van der Waals surface area contributed by atoms with Crippen LogP contribution in [-0.2, 0) is 9.59 Å². The molecular formula is C15H20F3N3O3. The van der Waals surface area contributed by atoms with Gasteiger partial charge in [0.2, 0.25) is 5.91 Å². The third kappa shape index (κ3) is 2.95. The normalized spacial score (nSPS) is 31.4. The lowest BCUT2D eigenvalue weighted by Gasteiger charge is -2.34. The second kappa shape index (κ2) is 5.63.